The molecule has 0 atom stereocenters. The van der Waals surface area contributed by atoms with E-state index in [0.717, 1.165) is 19.0 Å². The lowest BCUT2D eigenvalue weighted by molar-refractivity contribution is 0.273. The summed E-state index contributed by atoms with van der Waals surface area (Å²) >= 11 is 1.77. The van der Waals surface area contributed by atoms with E-state index >= 15 is 0 Å². The van der Waals surface area contributed by atoms with Gasteiger partial charge in [0.2, 0.25) is 0 Å². The van der Waals surface area contributed by atoms with Gasteiger partial charge in [0.25, 0.3) is 0 Å². The molecule has 0 saturated carbocycles. The predicted molar refractivity (Wildman–Crippen MR) is 69.3 cm³/mol. The average Bonchev–Trinajstić information content (AvgIpc) is 2.53. The monoisotopic (exact) mass is 225 g/mol. The molecule has 2 heteroatoms. The van der Waals surface area contributed by atoms with Gasteiger partial charge in [0.15, 0.2) is 0 Å². The van der Waals surface area contributed by atoms with Crippen LogP contribution in [0.15, 0.2) is 16.8 Å². The van der Waals surface area contributed by atoms with Gasteiger partial charge in [0.05, 0.1) is 0 Å². The van der Waals surface area contributed by atoms with Crippen LogP contribution in [0.2, 0.25) is 0 Å². The second-order valence-electron chi connectivity index (χ2n) is 5.50. The van der Waals surface area contributed by atoms with Gasteiger partial charge in [0, 0.05) is 13.1 Å². The van der Waals surface area contributed by atoms with Crippen LogP contribution in [0, 0.1) is 11.3 Å². The van der Waals surface area contributed by atoms with Crippen LogP contribution in [-0.2, 0) is 6.54 Å². The van der Waals surface area contributed by atoms with Gasteiger partial charge >= 0.3 is 0 Å². The van der Waals surface area contributed by atoms with Crippen LogP contribution < -0.4 is 5.32 Å². The minimum absolute atomic E-state index is 0.407. The van der Waals surface area contributed by atoms with Crippen LogP contribution in [-0.4, -0.2) is 6.54 Å². The van der Waals surface area contributed by atoms with E-state index in [4.69, 9.17) is 0 Å². The molecule has 0 unspecified atom stereocenters. The van der Waals surface area contributed by atoms with Gasteiger partial charge in [-0.05, 0) is 40.1 Å². The molecule has 1 N–H and O–H groups in total. The molecule has 1 heterocycles. The number of hydrogen-bond acceptors (Lipinski definition) is 2. The molecular formula is C13H23NS. The SMILES string of the molecule is CC(C)CC(C)(C)CNCc1ccsc1. The summed E-state index contributed by atoms with van der Waals surface area (Å²) < 4.78 is 0. The Balaban J connectivity index is 2.24. The molecule has 0 spiro atoms. The van der Waals surface area contributed by atoms with E-state index in [9.17, 15) is 0 Å². The van der Waals surface area contributed by atoms with Gasteiger partial charge in [-0.25, -0.2) is 0 Å². The largest absolute Gasteiger partial charge is 0.312 e. The molecular weight excluding hydrogens is 202 g/mol. The molecule has 1 aromatic rings. The Labute approximate surface area is 97.9 Å². The van der Waals surface area contributed by atoms with Crippen molar-refractivity contribution in [2.45, 2.75) is 40.7 Å². The van der Waals surface area contributed by atoms with E-state index in [1.54, 1.807) is 11.3 Å². The normalized spacial score (nSPS) is 12.3. The third-order valence-corrected chi connectivity index (χ3v) is 3.21. The standard InChI is InChI=1S/C13H23NS/c1-11(2)7-13(3,4)10-14-8-12-5-6-15-9-12/h5-6,9,11,14H,7-8,10H2,1-4H3. The van der Waals surface area contributed by atoms with Crippen molar-refractivity contribution in [2.24, 2.45) is 11.3 Å². The first-order chi connectivity index (χ1) is 6.99. The molecule has 0 fully saturated rings. The van der Waals surface area contributed by atoms with Crippen molar-refractivity contribution >= 4 is 11.3 Å². The predicted octanol–water partition coefficient (Wildman–Crippen LogP) is 3.91. The van der Waals surface area contributed by atoms with Gasteiger partial charge < -0.3 is 5.32 Å². The maximum absolute atomic E-state index is 3.54. The molecule has 0 aromatic carbocycles. The molecule has 1 aromatic heterocycles. The number of rotatable bonds is 6. The molecule has 0 saturated heterocycles. The van der Waals surface area contributed by atoms with Crippen molar-refractivity contribution in [3.63, 3.8) is 0 Å². The maximum Gasteiger partial charge on any atom is 0.0213 e. The highest BCUT2D eigenvalue weighted by Gasteiger charge is 2.18. The topological polar surface area (TPSA) is 12.0 Å². The van der Waals surface area contributed by atoms with Gasteiger partial charge in [-0.3, -0.25) is 0 Å². The minimum Gasteiger partial charge on any atom is -0.312 e. The number of thiophene rings is 1. The zero-order chi connectivity index (χ0) is 11.3. The number of nitrogens with one attached hydrogen (secondary N) is 1. The lowest BCUT2D eigenvalue weighted by Crippen LogP contribution is -2.30. The van der Waals surface area contributed by atoms with E-state index in [2.05, 4.69) is 49.8 Å². The Kier molecular flexibility index (Phi) is 4.81. The second-order valence-corrected chi connectivity index (χ2v) is 6.28. The minimum atomic E-state index is 0.407. The summed E-state index contributed by atoms with van der Waals surface area (Å²) in [7, 11) is 0. The average molecular weight is 225 g/mol. The summed E-state index contributed by atoms with van der Waals surface area (Å²) in [6, 6.07) is 2.19. The first-order valence-electron chi connectivity index (χ1n) is 5.71. The van der Waals surface area contributed by atoms with Crippen molar-refractivity contribution < 1.29 is 0 Å². The van der Waals surface area contributed by atoms with Crippen molar-refractivity contribution in [1.29, 1.82) is 0 Å². The molecule has 15 heavy (non-hydrogen) atoms. The molecule has 0 radical (unpaired) electrons. The van der Waals surface area contributed by atoms with Crippen molar-refractivity contribution in [2.75, 3.05) is 6.54 Å². The molecule has 86 valence electrons. The molecule has 0 aliphatic heterocycles. The molecule has 1 nitrogen and oxygen atoms in total. The highest BCUT2D eigenvalue weighted by atomic mass is 32.1. The number of hydrogen-bond donors (Lipinski definition) is 1. The maximum atomic E-state index is 3.54. The molecule has 0 aliphatic rings. The van der Waals surface area contributed by atoms with Crippen LogP contribution in [0.4, 0.5) is 0 Å². The fraction of sp³-hybridized carbons (Fsp3) is 0.692. The third kappa shape index (κ3) is 5.33. The molecule has 0 bridgehead atoms. The van der Waals surface area contributed by atoms with Gasteiger partial charge in [-0.15, -0.1) is 0 Å². The van der Waals surface area contributed by atoms with E-state index in [0.29, 0.717) is 5.41 Å². The third-order valence-electron chi connectivity index (χ3n) is 2.47. The highest BCUT2D eigenvalue weighted by Crippen LogP contribution is 2.24. The summed E-state index contributed by atoms with van der Waals surface area (Å²) in [4.78, 5) is 0. The van der Waals surface area contributed by atoms with Crippen LogP contribution in [0.5, 0.6) is 0 Å². The van der Waals surface area contributed by atoms with E-state index in [1.165, 1.54) is 12.0 Å². The Morgan fingerprint density at radius 3 is 2.67 bits per heavy atom. The van der Waals surface area contributed by atoms with Crippen LogP contribution in [0.1, 0.15) is 39.7 Å². The zero-order valence-electron chi connectivity index (χ0n) is 10.3. The lowest BCUT2D eigenvalue weighted by Gasteiger charge is -2.27. The quantitative estimate of drug-likeness (QED) is 0.774. The Morgan fingerprint density at radius 2 is 2.13 bits per heavy atom. The first kappa shape index (κ1) is 12.7. The fourth-order valence-corrected chi connectivity index (χ4v) is 2.78. The summed E-state index contributed by atoms with van der Waals surface area (Å²) in [5, 5.41) is 7.89. The Bertz CT molecular complexity index is 262. The summed E-state index contributed by atoms with van der Waals surface area (Å²) in [6.07, 6.45) is 1.28. The summed E-state index contributed by atoms with van der Waals surface area (Å²) in [5.41, 5.74) is 1.81. The van der Waals surface area contributed by atoms with Gasteiger partial charge in [-0.2, -0.15) is 11.3 Å². The fourth-order valence-electron chi connectivity index (χ4n) is 2.12. The summed E-state index contributed by atoms with van der Waals surface area (Å²) in [5.74, 6) is 0.781. The van der Waals surface area contributed by atoms with E-state index < -0.39 is 0 Å². The zero-order valence-corrected chi connectivity index (χ0v) is 11.2. The summed E-state index contributed by atoms with van der Waals surface area (Å²) in [6.45, 7) is 11.4. The molecule has 0 amide bonds. The highest BCUT2D eigenvalue weighted by molar-refractivity contribution is 7.07. The van der Waals surface area contributed by atoms with Gasteiger partial charge in [-0.1, -0.05) is 27.7 Å². The molecule has 1 rings (SSSR count). The van der Waals surface area contributed by atoms with E-state index in [1.807, 2.05) is 0 Å². The van der Waals surface area contributed by atoms with Crippen LogP contribution in [0.25, 0.3) is 0 Å². The van der Waals surface area contributed by atoms with Crippen LogP contribution in [0.3, 0.4) is 0 Å². The Morgan fingerprint density at radius 1 is 1.40 bits per heavy atom. The first-order valence-corrected chi connectivity index (χ1v) is 6.66. The second kappa shape index (κ2) is 5.66. The molecule has 0 aliphatic carbocycles. The Hall–Kier alpha value is -0.340. The van der Waals surface area contributed by atoms with Crippen LogP contribution >= 0.6 is 11.3 Å². The van der Waals surface area contributed by atoms with Gasteiger partial charge in [0.1, 0.15) is 0 Å². The lowest BCUT2D eigenvalue weighted by atomic mass is 9.84. The van der Waals surface area contributed by atoms with Crippen molar-refractivity contribution in [3.8, 4) is 0 Å². The van der Waals surface area contributed by atoms with E-state index in [-0.39, 0.29) is 0 Å². The van der Waals surface area contributed by atoms with Crippen molar-refractivity contribution in [1.82, 2.24) is 5.32 Å². The smallest absolute Gasteiger partial charge is 0.0213 e. The van der Waals surface area contributed by atoms with Crippen molar-refractivity contribution in [3.05, 3.63) is 22.4 Å².